The molecule has 23 heavy (non-hydrogen) atoms. The first-order valence-corrected chi connectivity index (χ1v) is 8.01. The highest BCUT2D eigenvalue weighted by molar-refractivity contribution is 5.49. The lowest BCUT2D eigenvalue weighted by atomic mass is 10.1. The van der Waals surface area contributed by atoms with Crippen LogP contribution in [0.4, 0.5) is 0 Å². The van der Waals surface area contributed by atoms with E-state index in [-0.39, 0.29) is 6.29 Å². The van der Waals surface area contributed by atoms with Gasteiger partial charge >= 0.3 is 0 Å². The second kappa shape index (κ2) is 9.82. The number of para-hydroxylation sites is 1. The molecule has 0 aliphatic rings. The minimum atomic E-state index is -0.288. The van der Waals surface area contributed by atoms with E-state index in [1.54, 1.807) is 0 Å². The average molecular weight is 312 g/mol. The highest BCUT2D eigenvalue weighted by Crippen LogP contribution is 2.19. The molecule has 2 aromatic carbocycles. The summed E-state index contributed by atoms with van der Waals surface area (Å²) in [5.41, 5.74) is 2.16. The lowest BCUT2D eigenvalue weighted by molar-refractivity contribution is -0.140. The van der Waals surface area contributed by atoms with Gasteiger partial charge in [0.05, 0.1) is 0 Å². The third-order valence-corrected chi connectivity index (χ3v) is 3.24. The van der Waals surface area contributed by atoms with Crippen LogP contribution in [0.3, 0.4) is 0 Å². The first-order valence-electron chi connectivity index (χ1n) is 8.01. The molecule has 0 N–H and O–H groups in total. The molecule has 0 heterocycles. The smallest absolute Gasteiger partial charge is 0.183 e. The summed E-state index contributed by atoms with van der Waals surface area (Å²) in [4.78, 5) is 0. The highest BCUT2D eigenvalue weighted by atomic mass is 16.7. The Kier molecular flexibility index (Phi) is 7.37. The van der Waals surface area contributed by atoms with E-state index in [2.05, 4.69) is 12.1 Å². The van der Waals surface area contributed by atoms with Gasteiger partial charge in [-0.25, -0.2) is 0 Å². The zero-order valence-corrected chi connectivity index (χ0v) is 13.8. The van der Waals surface area contributed by atoms with Crippen molar-refractivity contribution in [2.45, 2.75) is 20.1 Å². The lowest BCUT2D eigenvalue weighted by Crippen LogP contribution is -2.08. The second-order valence-electron chi connectivity index (χ2n) is 4.94. The molecule has 2 aromatic rings. The largest absolute Gasteiger partial charge is 0.490 e. The normalized spacial score (nSPS) is 11.3. The molecule has 0 fully saturated rings. The minimum absolute atomic E-state index is 0.288. The number of ether oxygens (including phenoxy) is 3. The molecule has 0 bridgehead atoms. The minimum Gasteiger partial charge on any atom is -0.490 e. The van der Waals surface area contributed by atoms with Gasteiger partial charge in [0, 0.05) is 18.8 Å². The number of benzene rings is 2. The van der Waals surface area contributed by atoms with Crippen molar-refractivity contribution in [1.29, 1.82) is 0 Å². The summed E-state index contributed by atoms with van der Waals surface area (Å²) in [5.74, 6) is 0.878. The van der Waals surface area contributed by atoms with Crippen LogP contribution in [0.1, 0.15) is 31.3 Å². The van der Waals surface area contributed by atoms with Crippen molar-refractivity contribution in [3.05, 3.63) is 71.8 Å². The molecule has 0 saturated heterocycles. The van der Waals surface area contributed by atoms with Gasteiger partial charge in [-0.3, -0.25) is 0 Å². The van der Waals surface area contributed by atoms with E-state index < -0.39 is 0 Å². The van der Waals surface area contributed by atoms with Gasteiger partial charge < -0.3 is 14.2 Å². The van der Waals surface area contributed by atoms with Crippen LogP contribution in [0.5, 0.6) is 5.75 Å². The molecule has 0 aliphatic carbocycles. The van der Waals surface area contributed by atoms with Gasteiger partial charge in [0.1, 0.15) is 12.4 Å². The second-order valence-corrected chi connectivity index (χ2v) is 4.94. The number of hydrogen-bond acceptors (Lipinski definition) is 3. The quantitative estimate of drug-likeness (QED) is 0.619. The van der Waals surface area contributed by atoms with Crippen LogP contribution < -0.4 is 4.74 Å². The van der Waals surface area contributed by atoms with E-state index >= 15 is 0 Å². The van der Waals surface area contributed by atoms with Gasteiger partial charge in [-0.05, 0) is 37.6 Å². The monoisotopic (exact) mass is 312 g/mol. The fourth-order valence-electron chi connectivity index (χ4n) is 2.15. The molecule has 2 rings (SSSR count). The predicted octanol–water partition coefficient (Wildman–Crippen LogP) is 4.85. The van der Waals surface area contributed by atoms with E-state index in [0.717, 1.165) is 16.9 Å². The van der Waals surface area contributed by atoms with Gasteiger partial charge in [-0.2, -0.15) is 0 Å². The summed E-state index contributed by atoms with van der Waals surface area (Å²) in [6, 6.07) is 18.0. The molecule has 0 spiro atoms. The molecular weight excluding hydrogens is 288 g/mol. The Morgan fingerprint density at radius 3 is 2.13 bits per heavy atom. The van der Waals surface area contributed by atoms with E-state index in [1.165, 1.54) is 0 Å². The Labute approximate surface area is 138 Å². The molecule has 0 saturated carbocycles. The maximum Gasteiger partial charge on any atom is 0.183 e. The Bertz CT molecular complexity index is 570. The zero-order valence-electron chi connectivity index (χ0n) is 13.8. The van der Waals surface area contributed by atoms with Gasteiger partial charge in [0.15, 0.2) is 6.29 Å². The molecular formula is C20H24O3. The van der Waals surface area contributed by atoms with Gasteiger partial charge in [-0.1, -0.05) is 48.5 Å². The SMILES string of the molecule is CCOC(OCC)c1ccc(/C=C/COc2ccccc2)cc1. The summed E-state index contributed by atoms with van der Waals surface area (Å²) in [5, 5.41) is 0. The maximum absolute atomic E-state index is 5.63. The maximum atomic E-state index is 5.63. The standard InChI is InChI=1S/C20H24O3/c1-3-21-20(22-4-2)18-14-12-17(13-15-18)9-8-16-23-19-10-6-5-7-11-19/h5-15,20H,3-4,16H2,1-2H3/b9-8+. The van der Waals surface area contributed by atoms with Crippen LogP contribution in [0.2, 0.25) is 0 Å². The molecule has 3 heteroatoms. The van der Waals surface area contributed by atoms with E-state index in [1.807, 2.05) is 68.5 Å². The molecule has 0 atom stereocenters. The fourth-order valence-corrected chi connectivity index (χ4v) is 2.15. The first kappa shape index (κ1) is 17.3. The van der Waals surface area contributed by atoms with Gasteiger partial charge in [-0.15, -0.1) is 0 Å². The fraction of sp³-hybridized carbons (Fsp3) is 0.300. The Morgan fingerprint density at radius 1 is 0.870 bits per heavy atom. The zero-order chi connectivity index (χ0) is 16.3. The Balaban J connectivity index is 1.87. The van der Waals surface area contributed by atoms with E-state index in [4.69, 9.17) is 14.2 Å². The predicted molar refractivity (Wildman–Crippen MR) is 93.4 cm³/mol. The van der Waals surface area contributed by atoms with Crippen molar-refractivity contribution in [2.75, 3.05) is 19.8 Å². The Hall–Kier alpha value is -2.10. The van der Waals surface area contributed by atoms with Crippen molar-refractivity contribution in [3.63, 3.8) is 0 Å². The van der Waals surface area contributed by atoms with Crippen molar-refractivity contribution in [2.24, 2.45) is 0 Å². The van der Waals surface area contributed by atoms with Gasteiger partial charge in [0.25, 0.3) is 0 Å². The van der Waals surface area contributed by atoms with Crippen molar-refractivity contribution in [3.8, 4) is 5.75 Å². The first-order chi connectivity index (χ1) is 11.3. The highest BCUT2D eigenvalue weighted by Gasteiger charge is 2.10. The summed E-state index contributed by atoms with van der Waals surface area (Å²) < 4.78 is 16.8. The van der Waals surface area contributed by atoms with Crippen LogP contribution in [0.25, 0.3) is 6.08 Å². The molecule has 122 valence electrons. The number of hydrogen-bond donors (Lipinski definition) is 0. The van der Waals surface area contributed by atoms with E-state index in [0.29, 0.717) is 19.8 Å². The molecule has 0 radical (unpaired) electrons. The Morgan fingerprint density at radius 2 is 1.52 bits per heavy atom. The molecule has 0 amide bonds. The van der Waals surface area contributed by atoms with Crippen LogP contribution >= 0.6 is 0 Å². The van der Waals surface area contributed by atoms with Crippen molar-refractivity contribution >= 4 is 6.08 Å². The lowest BCUT2D eigenvalue weighted by Gasteiger charge is -2.17. The van der Waals surface area contributed by atoms with E-state index in [9.17, 15) is 0 Å². The average Bonchev–Trinajstić information content (AvgIpc) is 2.60. The van der Waals surface area contributed by atoms with Crippen LogP contribution in [0.15, 0.2) is 60.7 Å². The third-order valence-electron chi connectivity index (χ3n) is 3.24. The van der Waals surface area contributed by atoms with Gasteiger partial charge in [0.2, 0.25) is 0 Å². The molecule has 0 unspecified atom stereocenters. The van der Waals surface area contributed by atoms with Crippen molar-refractivity contribution < 1.29 is 14.2 Å². The third kappa shape index (κ3) is 5.89. The van der Waals surface area contributed by atoms with Crippen LogP contribution in [-0.4, -0.2) is 19.8 Å². The molecule has 0 aliphatic heterocycles. The summed E-state index contributed by atoms with van der Waals surface area (Å²) in [7, 11) is 0. The summed E-state index contributed by atoms with van der Waals surface area (Å²) in [6.07, 6.45) is 3.76. The van der Waals surface area contributed by atoms with Crippen LogP contribution in [0, 0.1) is 0 Å². The van der Waals surface area contributed by atoms with Crippen molar-refractivity contribution in [1.82, 2.24) is 0 Å². The number of rotatable bonds is 9. The topological polar surface area (TPSA) is 27.7 Å². The summed E-state index contributed by atoms with van der Waals surface area (Å²) >= 11 is 0. The molecule has 0 aromatic heterocycles. The molecule has 3 nitrogen and oxygen atoms in total. The van der Waals surface area contributed by atoms with Crippen LogP contribution in [-0.2, 0) is 9.47 Å². The summed E-state index contributed by atoms with van der Waals surface area (Å²) in [6.45, 7) is 5.74.